The zero-order valence-corrected chi connectivity index (χ0v) is 17.5. The number of carbonyl (C=O) groups excluding carboxylic acids is 2. The third kappa shape index (κ3) is 5.93. The number of nitrogens with one attached hydrogen (secondary N) is 2. The number of benzene rings is 2. The molecule has 2 rings (SSSR count). The van der Waals surface area contributed by atoms with E-state index in [1.165, 1.54) is 25.2 Å². The Balaban J connectivity index is 1.89. The molecule has 2 N–H and O–H groups in total. The number of hydrazine groups is 1. The Morgan fingerprint density at radius 2 is 1.61 bits per heavy atom. The topological polar surface area (TPSA) is 95.6 Å². The Morgan fingerprint density at radius 3 is 2.21 bits per heavy atom. The molecule has 2 aromatic rings. The minimum Gasteiger partial charge on any atom is -0.273 e. The first-order valence-electron chi connectivity index (χ1n) is 8.14. The molecule has 28 heavy (non-hydrogen) atoms. The summed E-state index contributed by atoms with van der Waals surface area (Å²) in [5.41, 5.74) is 5.87. The van der Waals surface area contributed by atoms with Crippen LogP contribution in [0.5, 0.6) is 0 Å². The van der Waals surface area contributed by atoms with E-state index in [1.807, 2.05) is 6.92 Å². The van der Waals surface area contributed by atoms with Crippen LogP contribution in [0.2, 0.25) is 10.0 Å². The fourth-order valence-electron chi connectivity index (χ4n) is 2.24. The van der Waals surface area contributed by atoms with Gasteiger partial charge in [0.15, 0.2) is 0 Å². The van der Waals surface area contributed by atoms with Gasteiger partial charge in [-0.05, 0) is 36.8 Å². The summed E-state index contributed by atoms with van der Waals surface area (Å²) in [6, 6.07) is 11.0. The van der Waals surface area contributed by atoms with Gasteiger partial charge >= 0.3 is 0 Å². The van der Waals surface area contributed by atoms with E-state index in [9.17, 15) is 18.0 Å². The van der Waals surface area contributed by atoms with Gasteiger partial charge in [-0.15, -0.1) is 0 Å². The first kappa shape index (κ1) is 22.2. The van der Waals surface area contributed by atoms with Gasteiger partial charge in [-0.1, -0.05) is 47.0 Å². The van der Waals surface area contributed by atoms with Crippen molar-refractivity contribution in [1.82, 2.24) is 15.2 Å². The molecule has 0 aliphatic rings. The number of nitrogens with zero attached hydrogens (tertiary/aromatic N) is 1. The van der Waals surface area contributed by atoms with E-state index >= 15 is 0 Å². The summed E-state index contributed by atoms with van der Waals surface area (Å²) < 4.78 is 25.8. The maximum Gasteiger partial charge on any atom is 0.253 e. The number of carbonyl (C=O) groups is 2. The number of sulfonamides is 1. The molecule has 10 heteroatoms. The summed E-state index contributed by atoms with van der Waals surface area (Å²) in [7, 11) is -2.54. The van der Waals surface area contributed by atoms with Crippen molar-refractivity contribution in [2.45, 2.75) is 18.2 Å². The lowest BCUT2D eigenvalue weighted by atomic mass is 10.1. The summed E-state index contributed by atoms with van der Waals surface area (Å²) in [4.78, 5) is 24.0. The monoisotopic (exact) mass is 443 g/mol. The summed E-state index contributed by atoms with van der Waals surface area (Å²) in [6.45, 7) is 1.38. The van der Waals surface area contributed by atoms with Crippen LogP contribution >= 0.6 is 23.2 Å². The Hall–Kier alpha value is -2.13. The van der Waals surface area contributed by atoms with Gasteiger partial charge in [-0.3, -0.25) is 20.4 Å². The van der Waals surface area contributed by atoms with Crippen molar-refractivity contribution in [2.24, 2.45) is 0 Å². The molecule has 0 bridgehead atoms. The van der Waals surface area contributed by atoms with Crippen molar-refractivity contribution < 1.29 is 18.0 Å². The van der Waals surface area contributed by atoms with Crippen molar-refractivity contribution in [3.05, 3.63) is 63.6 Å². The van der Waals surface area contributed by atoms with Gasteiger partial charge in [-0.25, -0.2) is 8.42 Å². The van der Waals surface area contributed by atoms with Crippen molar-refractivity contribution in [2.75, 3.05) is 13.6 Å². The van der Waals surface area contributed by atoms with Crippen molar-refractivity contribution in [1.29, 1.82) is 0 Å². The molecule has 150 valence electrons. The number of hydrogen-bond acceptors (Lipinski definition) is 4. The van der Waals surface area contributed by atoms with Gasteiger partial charge in [-0.2, -0.15) is 4.31 Å². The van der Waals surface area contributed by atoms with E-state index in [1.54, 1.807) is 24.3 Å². The van der Waals surface area contributed by atoms with Gasteiger partial charge in [0.25, 0.3) is 5.91 Å². The Labute approximate surface area is 173 Å². The Morgan fingerprint density at radius 1 is 1.00 bits per heavy atom. The minimum atomic E-state index is -3.82. The Bertz CT molecular complexity index is 979. The fourth-order valence-corrected chi connectivity index (χ4v) is 3.84. The van der Waals surface area contributed by atoms with E-state index in [0.717, 1.165) is 9.87 Å². The number of aryl methyl sites for hydroxylation is 1. The van der Waals surface area contributed by atoms with E-state index in [0.29, 0.717) is 15.6 Å². The molecule has 0 spiro atoms. The Kier molecular flexibility index (Phi) is 7.42. The van der Waals surface area contributed by atoms with Crippen LogP contribution in [-0.4, -0.2) is 38.1 Å². The lowest BCUT2D eigenvalue weighted by Gasteiger charge is -2.17. The largest absolute Gasteiger partial charge is 0.273 e. The highest BCUT2D eigenvalue weighted by atomic mass is 35.5. The van der Waals surface area contributed by atoms with Gasteiger partial charge in [0.05, 0.1) is 17.9 Å². The lowest BCUT2D eigenvalue weighted by molar-refractivity contribution is -0.128. The summed E-state index contributed by atoms with van der Waals surface area (Å²) in [5.74, 6) is -1.20. The molecule has 0 aromatic heterocycles. The van der Waals surface area contributed by atoms with Crippen LogP contribution in [0.15, 0.2) is 47.4 Å². The molecule has 0 saturated heterocycles. The van der Waals surface area contributed by atoms with Crippen LogP contribution in [0.3, 0.4) is 0 Å². The van der Waals surface area contributed by atoms with Gasteiger partial charge in [0.1, 0.15) is 0 Å². The van der Waals surface area contributed by atoms with E-state index in [2.05, 4.69) is 10.9 Å². The number of likely N-dealkylation sites (N-methyl/N-ethyl adjacent to an activating group) is 1. The van der Waals surface area contributed by atoms with Crippen LogP contribution in [0, 0.1) is 6.92 Å². The van der Waals surface area contributed by atoms with Gasteiger partial charge in [0, 0.05) is 17.1 Å². The second kappa shape index (κ2) is 9.38. The first-order chi connectivity index (χ1) is 13.1. The van der Waals surface area contributed by atoms with Crippen LogP contribution < -0.4 is 10.9 Å². The zero-order chi connectivity index (χ0) is 20.9. The van der Waals surface area contributed by atoms with Gasteiger partial charge < -0.3 is 0 Å². The van der Waals surface area contributed by atoms with Crippen LogP contribution in [0.25, 0.3) is 0 Å². The SMILES string of the molecule is Cc1ccc(S(=O)(=O)N(C)CC(=O)NNC(=O)Cc2ccc(Cl)cc2Cl)cc1. The normalized spacial score (nSPS) is 11.3. The average Bonchev–Trinajstić information content (AvgIpc) is 2.62. The molecular formula is C18H19Cl2N3O4S. The number of halogens is 2. The molecule has 0 atom stereocenters. The average molecular weight is 444 g/mol. The number of amides is 2. The second-order valence-electron chi connectivity index (χ2n) is 6.08. The molecule has 2 amide bonds. The molecule has 0 saturated carbocycles. The highest BCUT2D eigenvalue weighted by molar-refractivity contribution is 7.89. The molecule has 7 nitrogen and oxygen atoms in total. The van der Waals surface area contributed by atoms with Crippen molar-refractivity contribution in [3.8, 4) is 0 Å². The van der Waals surface area contributed by atoms with Crippen molar-refractivity contribution in [3.63, 3.8) is 0 Å². The molecule has 2 aromatic carbocycles. The maximum atomic E-state index is 12.5. The van der Waals surface area contributed by atoms with Crippen LogP contribution in [0.1, 0.15) is 11.1 Å². The summed E-state index contributed by atoms with van der Waals surface area (Å²) in [6.07, 6.45) is -0.0756. The van der Waals surface area contributed by atoms with E-state index in [4.69, 9.17) is 23.2 Å². The number of hydrogen-bond donors (Lipinski definition) is 2. The first-order valence-corrected chi connectivity index (χ1v) is 10.3. The quantitative estimate of drug-likeness (QED) is 0.669. The minimum absolute atomic E-state index is 0.0756. The highest BCUT2D eigenvalue weighted by Gasteiger charge is 2.23. The molecule has 0 heterocycles. The third-order valence-electron chi connectivity index (χ3n) is 3.80. The van der Waals surface area contributed by atoms with Crippen LogP contribution in [0.4, 0.5) is 0 Å². The standard InChI is InChI=1S/C18H19Cl2N3O4S/c1-12-3-7-15(8-4-12)28(26,27)23(2)11-18(25)22-21-17(24)9-13-5-6-14(19)10-16(13)20/h3-8,10H,9,11H2,1-2H3,(H,21,24)(H,22,25). The summed E-state index contributed by atoms with van der Waals surface area (Å²) in [5, 5.41) is 0.776. The van der Waals surface area contributed by atoms with Crippen LogP contribution in [-0.2, 0) is 26.0 Å². The van der Waals surface area contributed by atoms with Gasteiger partial charge in [0.2, 0.25) is 15.9 Å². The van der Waals surface area contributed by atoms with E-state index in [-0.39, 0.29) is 11.3 Å². The highest BCUT2D eigenvalue weighted by Crippen LogP contribution is 2.21. The second-order valence-corrected chi connectivity index (χ2v) is 8.97. The zero-order valence-electron chi connectivity index (χ0n) is 15.2. The summed E-state index contributed by atoms with van der Waals surface area (Å²) >= 11 is 11.8. The molecule has 0 radical (unpaired) electrons. The molecule has 0 aliphatic carbocycles. The number of rotatable bonds is 6. The van der Waals surface area contributed by atoms with Crippen molar-refractivity contribution >= 4 is 45.0 Å². The van der Waals surface area contributed by atoms with E-state index < -0.39 is 28.4 Å². The predicted octanol–water partition coefficient (Wildman–Crippen LogP) is 2.31. The molecular weight excluding hydrogens is 425 g/mol. The lowest BCUT2D eigenvalue weighted by Crippen LogP contribution is -2.47. The molecule has 0 unspecified atom stereocenters. The smallest absolute Gasteiger partial charge is 0.253 e. The predicted molar refractivity (Wildman–Crippen MR) is 107 cm³/mol. The fraction of sp³-hybridized carbons (Fsp3) is 0.222. The molecule has 0 fully saturated rings. The maximum absolute atomic E-state index is 12.5. The molecule has 0 aliphatic heterocycles. The third-order valence-corrected chi connectivity index (χ3v) is 6.21.